The van der Waals surface area contributed by atoms with Crippen LogP contribution in [-0.4, -0.2) is 13.2 Å². The summed E-state index contributed by atoms with van der Waals surface area (Å²) in [6.07, 6.45) is 20.5. The monoisotopic (exact) mass is 374 g/mol. The molecule has 1 heteroatoms. The van der Waals surface area contributed by atoms with Crippen LogP contribution in [0.3, 0.4) is 0 Å². The number of benzene rings is 1. The van der Waals surface area contributed by atoms with Crippen LogP contribution >= 0.6 is 0 Å². The Balaban J connectivity index is 1.70. The number of aryl methyl sites for hydroxylation is 1. The van der Waals surface area contributed by atoms with E-state index < -0.39 is 0 Å². The summed E-state index contributed by atoms with van der Waals surface area (Å²) in [5, 5.41) is 0. The third-order valence-electron chi connectivity index (χ3n) is 5.80. The quantitative estimate of drug-likeness (QED) is 0.221. The highest BCUT2D eigenvalue weighted by atomic mass is 16.5. The molecule has 0 radical (unpaired) electrons. The van der Waals surface area contributed by atoms with Gasteiger partial charge in [0, 0.05) is 13.2 Å². The van der Waals surface area contributed by atoms with Gasteiger partial charge in [-0.2, -0.15) is 0 Å². The summed E-state index contributed by atoms with van der Waals surface area (Å²) in [5.41, 5.74) is 1.50. The summed E-state index contributed by atoms with van der Waals surface area (Å²) < 4.78 is 5.73. The van der Waals surface area contributed by atoms with Gasteiger partial charge in [0.2, 0.25) is 0 Å². The lowest BCUT2D eigenvalue weighted by Gasteiger charge is -2.08. The van der Waals surface area contributed by atoms with Crippen molar-refractivity contribution in [2.75, 3.05) is 13.2 Å². The maximum atomic E-state index is 5.73. The first-order valence-corrected chi connectivity index (χ1v) is 11.9. The molecule has 0 aromatic heterocycles. The van der Waals surface area contributed by atoms with E-state index in [-0.39, 0.29) is 0 Å². The Bertz CT molecular complexity index is 400. The number of hydrogen-bond acceptors (Lipinski definition) is 1. The van der Waals surface area contributed by atoms with E-state index in [0.29, 0.717) is 0 Å². The molecule has 1 aromatic rings. The Morgan fingerprint density at radius 3 is 1.74 bits per heavy atom. The van der Waals surface area contributed by atoms with Crippen molar-refractivity contribution in [1.29, 1.82) is 0 Å². The van der Waals surface area contributed by atoms with Crippen LogP contribution in [0, 0.1) is 5.92 Å². The van der Waals surface area contributed by atoms with Crippen LogP contribution in [0.2, 0.25) is 0 Å². The Kier molecular flexibility index (Phi) is 16.6. The molecule has 0 heterocycles. The van der Waals surface area contributed by atoms with Crippen molar-refractivity contribution in [3.8, 4) is 0 Å². The molecule has 0 saturated carbocycles. The van der Waals surface area contributed by atoms with Crippen LogP contribution in [0.4, 0.5) is 0 Å². The van der Waals surface area contributed by atoms with E-state index in [1.807, 2.05) is 0 Å². The third-order valence-corrected chi connectivity index (χ3v) is 5.80. The predicted molar refractivity (Wildman–Crippen MR) is 120 cm³/mol. The molecular formula is C26H46O. The lowest BCUT2D eigenvalue weighted by atomic mass is 10.0. The van der Waals surface area contributed by atoms with Gasteiger partial charge in [-0.05, 0) is 37.2 Å². The third kappa shape index (κ3) is 15.9. The summed E-state index contributed by atoms with van der Waals surface area (Å²) in [4.78, 5) is 0. The first-order chi connectivity index (χ1) is 13.3. The van der Waals surface area contributed by atoms with Gasteiger partial charge in [0.25, 0.3) is 0 Å². The average molecular weight is 375 g/mol. The molecule has 156 valence electrons. The SMILES string of the molecule is CCC(C)CCOCCCCCCCCCCCCCCc1ccccc1. The summed E-state index contributed by atoms with van der Waals surface area (Å²) in [6, 6.07) is 10.9. The average Bonchev–Trinajstić information content (AvgIpc) is 2.70. The fraction of sp³-hybridized carbons (Fsp3) is 0.769. The molecule has 0 N–H and O–H groups in total. The molecule has 0 aliphatic rings. The highest BCUT2D eigenvalue weighted by Crippen LogP contribution is 2.13. The molecule has 0 saturated heterocycles. The number of unbranched alkanes of at least 4 members (excludes halogenated alkanes) is 11. The normalized spacial score (nSPS) is 12.4. The van der Waals surface area contributed by atoms with Gasteiger partial charge in [-0.25, -0.2) is 0 Å². The van der Waals surface area contributed by atoms with Crippen LogP contribution in [0.1, 0.15) is 109 Å². The molecule has 0 aliphatic heterocycles. The smallest absolute Gasteiger partial charge is 0.0468 e. The van der Waals surface area contributed by atoms with E-state index in [0.717, 1.165) is 19.1 Å². The van der Waals surface area contributed by atoms with Gasteiger partial charge in [0.15, 0.2) is 0 Å². The zero-order valence-electron chi connectivity index (χ0n) is 18.4. The van der Waals surface area contributed by atoms with E-state index in [1.165, 1.54) is 102 Å². The molecule has 0 fully saturated rings. The zero-order valence-corrected chi connectivity index (χ0v) is 18.4. The zero-order chi connectivity index (χ0) is 19.4. The van der Waals surface area contributed by atoms with E-state index in [9.17, 15) is 0 Å². The van der Waals surface area contributed by atoms with Gasteiger partial charge in [0.1, 0.15) is 0 Å². The van der Waals surface area contributed by atoms with Crippen molar-refractivity contribution in [3.63, 3.8) is 0 Å². The molecule has 27 heavy (non-hydrogen) atoms. The first-order valence-electron chi connectivity index (χ1n) is 11.9. The second kappa shape index (κ2) is 18.5. The van der Waals surface area contributed by atoms with Gasteiger partial charge in [-0.1, -0.05) is 115 Å². The van der Waals surface area contributed by atoms with E-state index in [2.05, 4.69) is 44.2 Å². The van der Waals surface area contributed by atoms with Crippen molar-refractivity contribution in [1.82, 2.24) is 0 Å². The Labute approximate surface area is 170 Å². The molecule has 0 spiro atoms. The minimum atomic E-state index is 0.819. The lowest BCUT2D eigenvalue weighted by molar-refractivity contribution is 0.117. The Morgan fingerprint density at radius 1 is 0.667 bits per heavy atom. The molecule has 0 amide bonds. The minimum Gasteiger partial charge on any atom is -0.381 e. The van der Waals surface area contributed by atoms with E-state index in [1.54, 1.807) is 0 Å². The van der Waals surface area contributed by atoms with E-state index in [4.69, 9.17) is 4.74 Å². The van der Waals surface area contributed by atoms with Gasteiger partial charge in [0.05, 0.1) is 0 Å². The number of ether oxygens (including phenoxy) is 1. The summed E-state index contributed by atoms with van der Waals surface area (Å²) >= 11 is 0. The van der Waals surface area contributed by atoms with Crippen molar-refractivity contribution in [2.24, 2.45) is 5.92 Å². The molecule has 1 atom stereocenters. The fourth-order valence-electron chi connectivity index (χ4n) is 3.54. The maximum absolute atomic E-state index is 5.73. The van der Waals surface area contributed by atoms with Crippen molar-refractivity contribution in [3.05, 3.63) is 35.9 Å². The predicted octanol–water partition coefficient (Wildman–Crippen LogP) is 8.36. The molecule has 0 bridgehead atoms. The topological polar surface area (TPSA) is 9.23 Å². The van der Waals surface area contributed by atoms with Gasteiger partial charge < -0.3 is 4.74 Å². The second-order valence-electron chi connectivity index (χ2n) is 8.39. The summed E-state index contributed by atoms with van der Waals surface area (Å²) in [7, 11) is 0. The largest absolute Gasteiger partial charge is 0.381 e. The Hall–Kier alpha value is -0.820. The first kappa shape index (κ1) is 24.2. The summed E-state index contributed by atoms with van der Waals surface area (Å²) in [5.74, 6) is 0.819. The molecule has 0 aliphatic carbocycles. The Morgan fingerprint density at radius 2 is 1.19 bits per heavy atom. The molecule has 1 aromatic carbocycles. The second-order valence-corrected chi connectivity index (χ2v) is 8.39. The number of hydrogen-bond donors (Lipinski definition) is 0. The number of rotatable bonds is 19. The van der Waals surface area contributed by atoms with Crippen molar-refractivity contribution >= 4 is 0 Å². The minimum absolute atomic E-state index is 0.819. The molecule has 1 unspecified atom stereocenters. The lowest BCUT2D eigenvalue weighted by Crippen LogP contribution is -2.02. The van der Waals surface area contributed by atoms with Crippen LogP contribution in [0.15, 0.2) is 30.3 Å². The fourth-order valence-corrected chi connectivity index (χ4v) is 3.54. The van der Waals surface area contributed by atoms with E-state index >= 15 is 0 Å². The van der Waals surface area contributed by atoms with Crippen LogP contribution in [0.5, 0.6) is 0 Å². The maximum Gasteiger partial charge on any atom is 0.0468 e. The van der Waals surface area contributed by atoms with Gasteiger partial charge in [-0.3, -0.25) is 0 Å². The molecule has 1 nitrogen and oxygen atoms in total. The molecule has 1 rings (SSSR count). The van der Waals surface area contributed by atoms with Crippen LogP contribution in [-0.2, 0) is 11.2 Å². The van der Waals surface area contributed by atoms with Crippen LogP contribution in [0.25, 0.3) is 0 Å². The van der Waals surface area contributed by atoms with Crippen molar-refractivity contribution in [2.45, 2.75) is 110 Å². The summed E-state index contributed by atoms with van der Waals surface area (Å²) in [6.45, 7) is 6.51. The van der Waals surface area contributed by atoms with Crippen molar-refractivity contribution < 1.29 is 4.74 Å². The standard InChI is InChI=1S/C26H46O/c1-3-25(2)22-24-27-23-18-13-11-9-7-5-4-6-8-10-12-15-19-26-20-16-14-17-21-26/h14,16-17,20-21,25H,3-13,15,18-19,22-24H2,1-2H3. The van der Waals surface area contributed by atoms with Gasteiger partial charge in [-0.15, -0.1) is 0 Å². The highest BCUT2D eigenvalue weighted by molar-refractivity contribution is 5.14. The van der Waals surface area contributed by atoms with Crippen LogP contribution < -0.4 is 0 Å². The molecular weight excluding hydrogens is 328 g/mol. The highest BCUT2D eigenvalue weighted by Gasteiger charge is 1.98. The van der Waals surface area contributed by atoms with Gasteiger partial charge >= 0.3 is 0 Å².